The first-order valence-electron chi connectivity index (χ1n) is 7.96. The molecule has 21 heavy (non-hydrogen) atoms. The van der Waals surface area contributed by atoms with Gasteiger partial charge < -0.3 is 16.0 Å². The summed E-state index contributed by atoms with van der Waals surface area (Å²) in [5.41, 5.74) is 7.59. The minimum absolute atomic E-state index is 0.0417. The Labute approximate surface area is 127 Å². The van der Waals surface area contributed by atoms with Crippen LogP contribution in [0.2, 0.25) is 0 Å². The van der Waals surface area contributed by atoms with Crippen molar-refractivity contribution in [3.8, 4) is 0 Å². The summed E-state index contributed by atoms with van der Waals surface area (Å²) >= 11 is 0. The lowest BCUT2D eigenvalue weighted by Gasteiger charge is -2.32. The van der Waals surface area contributed by atoms with Gasteiger partial charge in [0.15, 0.2) is 0 Å². The van der Waals surface area contributed by atoms with Gasteiger partial charge in [-0.1, -0.05) is 13.8 Å². The van der Waals surface area contributed by atoms with Crippen LogP contribution >= 0.6 is 0 Å². The van der Waals surface area contributed by atoms with Crippen LogP contribution in [0.25, 0.3) is 0 Å². The molecule has 0 aromatic heterocycles. The fraction of sp³-hybridized carbons (Fsp3) is 0.588. The lowest BCUT2D eigenvalue weighted by molar-refractivity contribution is -0.119. The lowest BCUT2D eigenvalue weighted by atomic mass is 9.99. The molecule has 1 saturated heterocycles. The Hall–Kier alpha value is -1.55. The number of hydrogen-bond donors (Lipinski definition) is 2. The van der Waals surface area contributed by atoms with Crippen LogP contribution in [0.3, 0.4) is 0 Å². The first-order chi connectivity index (χ1) is 10.1. The third-order valence-corrected chi connectivity index (χ3v) is 4.33. The van der Waals surface area contributed by atoms with Gasteiger partial charge in [-0.25, -0.2) is 0 Å². The van der Waals surface area contributed by atoms with Crippen molar-refractivity contribution in [3.63, 3.8) is 0 Å². The number of amides is 1. The maximum atomic E-state index is 11.9. The van der Waals surface area contributed by atoms with Gasteiger partial charge in [-0.15, -0.1) is 0 Å². The van der Waals surface area contributed by atoms with Crippen LogP contribution in [0.4, 0.5) is 11.4 Å². The van der Waals surface area contributed by atoms with Gasteiger partial charge in [0, 0.05) is 30.4 Å². The number of anilines is 2. The smallest absolute Gasteiger partial charge is 0.227 e. The first-order valence-corrected chi connectivity index (χ1v) is 7.96. The average molecular weight is 289 g/mol. The molecule has 1 aliphatic rings. The molecule has 1 heterocycles. The molecule has 0 spiro atoms. The molecule has 1 aliphatic heterocycles. The van der Waals surface area contributed by atoms with E-state index in [9.17, 15) is 4.79 Å². The highest BCUT2D eigenvalue weighted by atomic mass is 16.1. The number of rotatable bonds is 5. The molecule has 1 fully saturated rings. The summed E-state index contributed by atoms with van der Waals surface area (Å²) in [5.74, 6) is 0.835. The van der Waals surface area contributed by atoms with Crippen LogP contribution in [0.5, 0.6) is 0 Å². The number of piperidine rings is 1. The molecular formula is C17H27N3O. The molecule has 0 aliphatic carbocycles. The highest BCUT2D eigenvalue weighted by molar-refractivity contribution is 5.92. The summed E-state index contributed by atoms with van der Waals surface area (Å²) in [6.45, 7) is 7.02. The molecular weight excluding hydrogens is 262 g/mol. The monoisotopic (exact) mass is 289 g/mol. The Morgan fingerprint density at radius 2 is 1.95 bits per heavy atom. The van der Waals surface area contributed by atoms with E-state index in [1.807, 2.05) is 19.1 Å². The SMILES string of the molecule is CC1CCN(c2ccc(NC(=O)C(C)CCN)cc2)CC1. The molecule has 4 nitrogen and oxygen atoms in total. The van der Waals surface area contributed by atoms with E-state index in [0.717, 1.165) is 31.1 Å². The van der Waals surface area contributed by atoms with Gasteiger partial charge in [-0.2, -0.15) is 0 Å². The number of nitrogens with zero attached hydrogens (tertiary/aromatic N) is 1. The van der Waals surface area contributed by atoms with Gasteiger partial charge in [0.05, 0.1) is 0 Å². The maximum absolute atomic E-state index is 11.9. The second-order valence-electron chi connectivity index (χ2n) is 6.18. The molecule has 1 aromatic carbocycles. The number of nitrogens with one attached hydrogen (secondary N) is 1. The van der Waals surface area contributed by atoms with E-state index in [1.54, 1.807) is 0 Å². The van der Waals surface area contributed by atoms with E-state index in [0.29, 0.717) is 6.54 Å². The van der Waals surface area contributed by atoms with E-state index in [1.165, 1.54) is 18.5 Å². The van der Waals surface area contributed by atoms with Crippen molar-refractivity contribution in [1.82, 2.24) is 0 Å². The molecule has 1 atom stereocenters. The first kappa shape index (κ1) is 15.8. The Morgan fingerprint density at radius 3 is 2.52 bits per heavy atom. The Kier molecular flexibility index (Phi) is 5.62. The van der Waals surface area contributed by atoms with Crippen LogP contribution in [0.1, 0.15) is 33.1 Å². The van der Waals surface area contributed by atoms with Crippen molar-refractivity contribution < 1.29 is 4.79 Å². The van der Waals surface area contributed by atoms with Crippen molar-refractivity contribution in [3.05, 3.63) is 24.3 Å². The van der Waals surface area contributed by atoms with E-state index < -0.39 is 0 Å². The molecule has 1 amide bonds. The highest BCUT2D eigenvalue weighted by Gasteiger charge is 2.16. The summed E-state index contributed by atoms with van der Waals surface area (Å²) in [7, 11) is 0. The standard InChI is InChI=1S/C17H27N3O/c1-13-8-11-20(12-9-13)16-5-3-15(4-6-16)19-17(21)14(2)7-10-18/h3-6,13-14H,7-12,18H2,1-2H3,(H,19,21). The molecule has 0 radical (unpaired) electrons. The van der Waals surface area contributed by atoms with Crippen molar-refractivity contribution >= 4 is 17.3 Å². The predicted molar refractivity (Wildman–Crippen MR) is 88.5 cm³/mol. The number of nitrogens with two attached hydrogens (primary N) is 1. The quantitative estimate of drug-likeness (QED) is 0.876. The van der Waals surface area contributed by atoms with Gasteiger partial charge in [0.1, 0.15) is 0 Å². The molecule has 1 aromatic rings. The molecule has 0 saturated carbocycles. The topological polar surface area (TPSA) is 58.4 Å². The highest BCUT2D eigenvalue weighted by Crippen LogP contribution is 2.24. The lowest BCUT2D eigenvalue weighted by Crippen LogP contribution is -2.32. The van der Waals surface area contributed by atoms with Crippen LogP contribution in [-0.2, 0) is 4.79 Å². The van der Waals surface area contributed by atoms with Crippen LogP contribution in [-0.4, -0.2) is 25.5 Å². The summed E-state index contributed by atoms with van der Waals surface area (Å²) < 4.78 is 0. The zero-order valence-corrected chi connectivity index (χ0v) is 13.1. The van der Waals surface area contributed by atoms with Crippen molar-refractivity contribution in [2.24, 2.45) is 17.6 Å². The zero-order valence-electron chi connectivity index (χ0n) is 13.1. The van der Waals surface area contributed by atoms with Crippen LogP contribution < -0.4 is 16.0 Å². The Bertz CT molecular complexity index is 450. The van der Waals surface area contributed by atoms with Crippen LogP contribution in [0, 0.1) is 11.8 Å². The van der Waals surface area contributed by atoms with Gasteiger partial charge in [-0.05, 0) is 56.0 Å². The number of hydrogen-bond acceptors (Lipinski definition) is 3. The number of benzene rings is 1. The summed E-state index contributed by atoms with van der Waals surface area (Å²) in [5, 5.41) is 2.95. The molecule has 0 bridgehead atoms. The third-order valence-electron chi connectivity index (χ3n) is 4.33. The van der Waals surface area contributed by atoms with E-state index >= 15 is 0 Å². The largest absolute Gasteiger partial charge is 0.372 e. The van der Waals surface area contributed by atoms with E-state index in [2.05, 4.69) is 29.3 Å². The van der Waals surface area contributed by atoms with E-state index in [-0.39, 0.29) is 11.8 Å². The van der Waals surface area contributed by atoms with Crippen molar-refractivity contribution in [2.75, 3.05) is 29.9 Å². The summed E-state index contributed by atoms with van der Waals surface area (Å²) in [4.78, 5) is 14.4. The van der Waals surface area contributed by atoms with Gasteiger partial charge in [-0.3, -0.25) is 4.79 Å². The second kappa shape index (κ2) is 7.46. The molecule has 1 unspecified atom stereocenters. The van der Waals surface area contributed by atoms with Crippen LogP contribution in [0.15, 0.2) is 24.3 Å². The fourth-order valence-electron chi connectivity index (χ4n) is 2.67. The Balaban J connectivity index is 1.91. The third kappa shape index (κ3) is 4.46. The van der Waals surface area contributed by atoms with Crippen molar-refractivity contribution in [2.45, 2.75) is 33.1 Å². The van der Waals surface area contributed by atoms with Crippen molar-refractivity contribution in [1.29, 1.82) is 0 Å². The van der Waals surface area contributed by atoms with Gasteiger partial charge in [0.2, 0.25) is 5.91 Å². The summed E-state index contributed by atoms with van der Waals surface area (Å²) in [6, 6.07) is 8.17. The molecule has 2 rings (SSSR count). The minimum atomic E-state index is -0.0433. The minimum Gasteiger partial charge on any atom is -0.372 e. The normalized spacial score (nSPS) is 17.6. The molecule has 116 valence electrons. The Morgan fingerprint density at radius 1 is 1.33 bits per heavy atom. The van der Waals surface area contributed by atoms with Gasteiger partial charge in [0.25, 0.3) is 0 Å². The number of carbonyl (C=O) groups is 1. The van der Waals surface area contributed by atoms with E-state index in [4.69, 9.17) is 5.73 Å². The second-order valence-corrected chi connectivity index (χ2v) is 6.18. The predicted octanol–water partition coefficient (Wildman–Crippen LogP) is 2.85. The maximum Gasteiger partial charge on any atom is 0.227 e. The van der Waals surface area contributed by atoms with Gasteiger partial charge >= 0.3 is 0 Å². The molecule has 4 heteroatoms. The zero-order chi connectivity index (χ0) is 15.2. The fourth-order valence-corrected chi connectivity index (χ4v) is 2.67. The summed E-state index contributed by atoms with van der Waals surface area (Å²) in [6.07, 6.45) is 3.24. The molecule has 3 N–H and O–H groups in total. The average Bonchev–Trinajstić information content (AvgIpc) is 2.49. The number of carbonyl (C=O) groups excluding carboxylic acids is 1.